The second-order valence-electron chi connectivity index (χ2n) is 4.15. The third-order valence-corrected chi connectivity index (χ3v) is 3.59. The largest absolute Gasteiger partial charge is 0.446 e. The van der Waals surface area contributed by atoms with Crippen LogP contribution in [0.5, 0.6) is 0 Å². The highest BCUT2D eigenvalue weighted by atomic mass is 35.5. The van der Waals surface area contributed by atoms with E-state index in [4.69, 9.17) is 17.3 Å². The van der Waals surface area contributed by atoms with Crippen molar-refractivity contribution in [2.75, 3.05) is 5.73 Å². The molecule has 1 atom stereocenters. The molecule has 3 nitrogen and oxygen atoms in total. The Balaban J connectivity index is 2.24. The molecule has 8 heteroatoms. The second kappa shape index (κ2) is 6.13. The number of thioether (sulfide) groups is 1. The highest BCUT2D eigenvalue weighted by Gasteiger charge is 2.29. The van der Waals surface area contributed by atoms with Crippen molar-refractivity contribution in [1.29, 1.82) is 0 Å². The Bertz CT molecular complexity index is 634. The molecule has 0 radical (unpaired) electrons. The average molecular weight is 335 g/mol. The number of aliphatic hydroxyl groups is 1. The Kier molecular flexibility index (Phi) is 4.65. The number of aromatic nitrogens is 1. The van der Waals surface area contributed by atoms with Crippen LogP contribution in [0.25, 0.3) is 0 Å². The molecule has 0 bridgehead atoms. The zero-order valence-electron chi connectivity index (χ0n) is 10.4. The number of aliphatic hydroxyl groups excluding tert-OH is 1. The summed E-state index contributed by atoms with van der Waals surface area (Å²) in [7, 11) is 0. The SMILES string of the molecule is Nc1ncc(Cl)cc1C(O)c1ccc(SC(F)(F)F)cc1. The van der Waals surface area contributed by atoms with Gasteiger partial charge in [-0.1, -0.05) is 23.7 Å². The lowest BCUT2D eigenvalue weighted by Crippen LogP contribution is -2.05. The summed E-state index contributed by atoms with van der Waals surface area (Å²) in [5, 5.41) is 10.5. The lowest BCUT2D eigenvalue weighted by Gasteiger charge is -2.14. The number of rotatable bonds is 3. The van der Waals surface area contributed by atoms with Crippen molar-refractivity contribution in [3.8, 4) is 0 Å². The summed E-state index contributed by atoms with van der Waals surface area (Å²) in [6.45, 7) is 0. The Hall–Kier alpha value is -1.44. The lowest BCUT2D eigenvalue weighted by molar-refractivity contribution is -0.0328. The van der Waals surface area contributed by atoms with E-state index < -0.39 is 11.6 Å². The first kappa shape index (κ1) is 15.9. The van der Waals surface area contributed by atoms with Crippen LogP contribution in [0.1, 0.15) is 17.2 Å². The molecular formula is C13H10ClF3N2OS. The number of hydrogen-bond acceptors (Lipinski definition) is 4. The van der Waals surface area contributed by atoms with Gasteiger partial charge in [-0.2, -0.15) is 13.2 Å². The zero-order valence-corrected chi connectivity index (χ0v) is 12.0. The van der Waals surface area contributed by atoms with Gasteiger partial charge in [0.05, 0.1) is 5.02 Å². The average Bonchev–Trinajstić information content (AvgIpc) is 2.40. The molecule has 3 N–H and O–H groups in total. The number of hydrogen-bond donors (Lipinski definition) is 2. The maximum atomic E-state index is 12.2. The fraction of sp³-hybridized carbons (Fsp3) is 0.154. The second-order valence-corrected chi connectivity index (χ2v) is 5.72. The quantitative estimate of drug-likeness (QED) is 0.833. The summed E-state index contributed by atoms with van der Waals surface area (Å²) in [6, 6.07) is 6.83. The minimum Gasteiger partial charge on any atom is -0.384 e. The fourth-order valence-electron chi connectivity index (χ4n) is 1.72. The molecule has 0 aliphatic rings. The summed E-state index contributed by atoms with van der Waals surface area (Å²) in [5.74, 6) is 0.112. The van der Waals surface area contributed by atoms with Gasteiger partial charge < -0.3 is 10.8 Å². The van der Waals surface area contributed by atoms with Gasteiger partial charge in [-0.3, -0.25) is 0 Å². The van der Waals surface area contributed by atoms with E-state index in [2.05, 4.69) is 4.98 Å². The molecule has 0 spiro atoms. The maximum absolute atomic E-state index is 12.2. The van der Waals surface area contributed by atoms with Crippen molar-refractivity contribution in [3.63, 3.8) is 0 Å². The van der Waals surface area contributed by atoms with E-state index in [9.17, 15) is 18.3 Å². The van der Waals surface area contributed by atoms with E-state index >= 15 is 0 Å². The number of nitrogens with zero attached hydrogens (tertiary/aromatic N) is 1. The number of benzene rings is 1. The minimum atomic E-state index is -4.35. The predicted molar refractivity (Wildman–Crippen MR) is 76.1 cm³/mol. The number of nitrogen functional groups attached to an aromatic ring is 1. The van der Waals surface area contributed by atoms with E-state index in [1.807, 2.05) is 0 Å². The molecule has 0 amide bonds. The fourth-order valence-corrected chi connectivity index (χ4v) is 2.42. The Labute approximate surface area is 127 Å². The van der Waals surface area contributed by atoms with Gasteiger partial charge in [0.2, 0.25) is 0 Å². The molecule has 2 aromatic rings. The zero-order chi connectivity index (χ0) is 15.6. The Morgan fingerprint density at radius 1 is 1.24 bits per heavy atom. The number of alkyl halides is 3. The van der Waals surface area contributed by atoms with Crippen LogP contribution < -0.4 is 5.73 Å². The first-order valence-electron chi connectivity index (χ1n) is 5.71. The van der Waals surface area contributed by atoms with Gasteiger partial charge in [0.1, 0.15) is 11.9 Å². The molecule has 0 saturated heterocycles. The van der Waals surface area contributed by atoms with Gasteiger partial charge in [-0.05, 0) is 35.5 Å². The normalized spacial score (nSPS) is 13.2. The molecule has 0 aliphatic carbocycles. The topological polar surface area (TPSA) is 59.1 Å². The predicted octanol–water partition coefficient (Wildman–Crippen LogP) is 4.01. The Morgan fingerprint density at radius 2 is 1.86 bits per heavy atom. The van der Waals surface area contributed by atoms with Crippen LogP contribution in [-0.4, -0.2) is 15.6 Å². The van der Waals surface area contributed by atoms with Crippen molar-refractivity contribution in [2.24, 2.45) is 0 Å². The van der Waals surface area contributed by atoms with Gasteiger partial charge in [0.15, 0.2) is 0 Å². The highest BCUT2D eigenvalue weighted by Crippen LogP contribution is 2.37. The summed E-state index contributed by atoms with van der Waals surface area (Å²) in [6.07, 6.45) is 0.233. The van der Waals surface area contributed by atoms with Gasteiger partial charge >= 0.3 is 5.51 Å². The maximum Gasteiger partial charge on any atom is 0.446 e. The third-order valence-electron chi connectivity index (χ3n) is 2.64. The molecular weight excluding hydrogens is 325 g/mol. The first-order chi connectivity index (χ1) is 9.76. The van der Waals surface area contributed by atoms with Crippen molar-refractivity contribution in [2.45, 2.75) is 16.5 Å². The van der Waals surface area contributed by atoms with Crippen LogP contribution in [0.15, 0.2) is 41.4 Å². The van der Waals surface area contributed by atoms with Gasteiger partial charge in [-0.15, -0.1) is 0 Å². The van der Waals surface area contributed by atoms with Gasteiger partial charge in [0.25, 0.3) is 0 Å². The molecule has 1 aromatic carbocycles. The number of pyridine rings is 1. The lowest BCUT2D eigenvalue weighted by atomic mass is 10.0. The van der Waals surface area contributed by atoms with Gasteiger partial charge in [0, 0.05) is 16.7 Å². The molecule has 1 unspecified atom stereocenters. The van der Waals surface area contributed by atoms with E-state index in [0.29, 0.717) is 16.1 Å². The Morgan fingerprint density at radius 3 is 2.43 bits per heavy atom. The molecule has 1 heterocycles. The summed E-state index contributed by atoms with van der Waals surface area (Å²) in [4.78, 5) is 3.86. The minimum absolute atomic E-state index is 0.0376. The van der Waals surface area contributed by atoms with Crippen LogP contribution in [0, 0.1) is 0 Å². The number of halogens is 4. The monoisotopic (exact) mass is 334 g/mol. The smallest absolute Gasteiger partial charge is 0.384 e. The summed E-state index contributed by atoms with van der Waals surface area (Å²) < 4.78 is 36.7. The van der Waals surface area contributed by atoms with Crippen molar-refractivity contribution < 1.29 is 18.3 Å². The van der Waals surface area contributed by atoms with Crippen LogP contribution in [0.2, 0.25) is 5.02 Å². The standard InChI is InChI=1S/C13H10ClF3N2OS/c14-8-5-10(12(18)19-6-8)11(20)7-1-3-9(4-2-7)21-13(15,16)17/h1-6,11,20H,(H2,18,19). The molecule has 0 saturated carbocycles. The van der Waals surface area contributed by atoms with Crippen LogP contribution >= 0.6 is 23.4 Å². The van der Waals surface area contributed by atoms with Crippen molar-refractivity contribution in [1.82, 2.24) is 4.98 Å². The first-order valence-corrected chi connectivity index (χ1v) is 6.90. The molecule has 2 rings (SSSR count). The molecule has 1 aromatic heterocycles. The third kappa shape index (κ3) is 4.26. The highest BCUT2D eigenvalue weighted by molar-refractivity contribution is 8.00. The number of anilines is 1. The van der Waals surface area contributed by atoms with Crippen molar-refractivity contribution >= 4 is 29.2 Å². The number of nitrogens with two attached hydrogens (primary N) is 1. The summed E-state index contributed by atoms with van der Waals surface area (Å²) >= 11 is 5.57. The van der Waals surface area contributed by atoms with E-state index in [1.165, 1.54) is 36.5 Å². The molecule has 21 heavy (non-hydrogen) atoms. The summed E-state index contributed by atoms with van der Waals surface area (Å²) in [5.41, 5.74) is 2.02. The van der Waals surface area contributed by atoms with E-state index in [0.717, 1.165) is 0 Å². The van der Waals surface area contributed by atoms with Gasteiger partial charge in [-0.25, -0.2) is 4.98 Å². The molecule has 112 valence electrons. The van der Waals surface area contributed by atoms with E-state index in [1.54, 1.807) is 0 Å². The van der Waals surface area contributed by atoms with E-state index in [-0.39, 0.29) is 22.5 Å². The van der Waals surface area contributed by atoms with Crippen molar-refractivity contribution in [3.05, 3.63) is 52.7 Å². The van der Waals surface area contributed by atoms with Crippen LogP contribution in [0.4, 0.5) is 19.0 Å². The van der Waals surface area contributed by atoms with Crippen LogP contribution in [0.3, 0.4) is 0 Å². The van der Waals surface area contributed by atoms with Crippen LogP contribution in [-0.2, 0) is 0 Å². The molecule has 0 fully saturated rings. The molecule has 0 aliphatic heterocycles.